The average molecular weight is 390 g/mol. The summed E-state index contributed by atoms with van der Waals surface area (Å²) in [5.41, 5.74) is 2.57. The molecule has 1 saturated heterocycles. The standard InChI is InChI=1S/C22H25F3N2O/c23-22(24,25)18-6-3-5-17(14-18)20(27-11-9-26-10-12-27)15-21-19-7-2-1-4-16(19)8-13-28-21/h1-7,14,20-21,26H,8-13,15H2. The van der Waals surface area contributed by atoms with Crippen LogP contribution in [0, 0.1) is 0 Å². The molecule has 0 spiro atoms. The number of alkyl halides is 3. The number of nitrogens with zero attached hydrogens (tertiary/aromatic N) is 1. The highest BCUT2D eigenvalue weighted by Crippen LogP contribution is 2.39. The molecule has 1 N–H and O–H groups in total. The van der Waals surface area contributed by atoms with E-state index in [-0.39, 0.29) is 12.1 Å². The van der Waals surface area contributed by atoms with Gasteiger partial charge in [-0.2, -0.15) is 13.2 Å². The molecule has 0 bridgehead atoms. The summed E-state index contributed by atoms with van der Waals surface area (Å²) in [5, 5.41) is 3.32. The van der Waals surface area contributed by atoms with Crippen LogP contribution in [0.15, 0.2) is 48.5 Å². The van der Waals surface area contributed by atoms with Crippen molar-refractivity contribution < 1.29 is 17.9 Å². The van der Waals surface area contributed by atoms with Crippen molar-refractivity contribution in [1.82, 2.24) is 10.2 Å². The summed E-state index contributed by atoms with van der Waals surface area (Å²) in [4.78, 5) is 2.28. The molecule has 2 aliphatic rings. The average Bonchev–Trinajstić information content (AvgIpc) is 2.72. The van der Waals surface area contributed by atoms with Crippen LogP contribution < -0.4 is 5.32 Å². The van der Waals surface area contributed by atoms with E-state index in [0.29, 0.717) is 18.6 Å². The number of fused-ring (bicyclic) bond motifs is 1. The Bertz CT molecular complexity index is 802. The molecule has 0 aromatic heterocycles. The Kier molecular flexibility index (Phi) is 5.71. The van der Waals surface area contributed by atoms with Crippen molar-refractivity contribution in [3.8, 4) is 0 Å². The second-order valence-corrected chi connectivity index (χ2v) is 7.47. The van der Waals surface area contributed by atoms with Gasteiger partial charge < -0.3 is 10.1 Å². The highest BCUT2D eigenvalue weighted by Gasteiger charge is 2.33. The van der Waals surface area contributed by atoms with Crippen LogP contribution in [-0.4, -0.2) is 37.7 Å². The van der Waals surface area contributed by atoms with Crippen LogP contribution in [0.1, 0.15) is 40.8 Å². The second kappa shape index (κ2) is 8.23. The lowest BCUT2D eigenvalue weighted by molar-refractivity contribution is -0.137. The molecule has 1 fully saturated rings. The number of benzene rings is 2. The third kappa shape index (κ3) is 4.24. The molecule has 2 aromatic carbocycles. The molecular weight excluding hydrogens is 365 g/mol. The van der Waals surface area contributed by atoms with Crippen molar-refractivity contribution in [2.24, 2.45) is 0 Å². The fourth-order valence-corrected chi connectivity index (χ4v) is 4.29. The van der Waals surface area contributed by atoms with Crippen molar-refractivity contribution in [3.63, 3.8) is 0 Å². The Morgan fingerprint density at radius 3 is 2.64 bits per heavy atom. The minimum absolute atomic E-state index is 0.0978. The molecule has 0 amide bonds. The number of hydrogen-bond donors (Lipinski definition) is 1. The number of rotatable bonds is 4. The third-order valence-electron chi connectivity index (χ3n) is 5.72. The molecule has 2 aliphatic heterocycles. The maximum atomic E-state index is 13.3. The molecule has 2 unspecified atom stereocenters. The third-order valence-corrected chi connectivity index (χ3v) is 5.72. The van der Waals surface area contributed by atoms with E-state index in [2.05, 4.69) is 22.3 Å². The molecule has 6 heteroatoms. The van der Waals surface area contributed by atoms with E-state index in [1.165, 1.54) is 23.3 Å². The highest BCUT2D eigenvalue weighted by molar-refractivity contribution is 5.33. The summed E-state index contributed by atoms with van der Waals surface area (Å²) in [6, 6.07) is 13.9. The van der Waals surface area contributed by atoms with Crippen LogP contribution >= 0.6 is 0 Å². The van der Waals surface area contributed by atoms with E-state index in [1.54, 1.807) is 0 Å². The molecule has 2 atom stereocenters. The number of nitrogens with one attached hydrogen (secondary N) is 1. The maximum absolute atomic E-state index is 13.3. The summed E-state index contributed by atoms with van der Waals surface area (Å²) >= 11 is 0. The minimum atomic E-state index is -4.34. The molecule has 4 rings (SSSR count). The van der Waals surface area contributed by atoms with E-state index >= 15 is 0 Å². The lowest BCUT2D eigenvalue weighted by Gasteiger charge is -2.38. The topological polar surface area (TPSA) is 24.5 Å². The maximum Gasteiger partial charge on any atom is 0.416 e. The van der Waals surface area contributed by atoms with Gasteiger partial charge in [0.2, 0.25) is 0 Å². The van der Waals surface area contributed by atoms with Crippen LogP contribution in [0.2, 0.25) is 0 Å². The molecule has 2 heterocycles. The fourth-order valence-electron chi connectivity index (χ4n) is 4.29. The van der Waals surface area contributed by atoms with Gasteiger partial charge in [0.1, 0.15) is 0 Å². The molecule has 0 saturated carbocycles. The fraction of sp³-hybridized carbons (Fsp3) is 0.455. The van der Waals surface area contributed by atoms with Crippen LogP contribution in [-0.2, 0) is 17.3 Å². The molecule has 0 radical (unpaired) electrons. The summed E-state index contributed by atoms with van der Waals surface area (Å²) in [5.74, 6) is 0. The van der Waals surface area contributed by atoms with Crippen molar-refractivity contribution in [2.75, 3.05) is 32.8 Å². The van der Waals surface area contributed by atoms with E-state index in [4.69, 9.17) is 4.74 Å². The predicted molar refractivity (Wildman–Crippen MR) is 102 cm³/mol. The number of hydrogen-bond acceptors (Lipinski definition) is 3. The van der Waals surface area contributed by atoms with Crippen LogP contribution in [0.4, 0.5) is 13.2 Å². The second-order valence-electron chi connectivity index (χ2n) is 7.47. The summed E-state index contributed by atoms with van der Waals surface area (Å²) in [6.45, 7) is 3.97. The zero-order valence-electron chi connectivity index (χ0n) is 15.7. The van der Waals surface area contributed by atoms with E-state index in [1.807, 2.05) is 18.2 Å². The zero-order chi connectivity index (χ0) is 19.6. The Balaban J connectivity index is 1.65. The van der Waals surface area contributed by atoms with Gasteiger partial charge >= 0.3 is 6.18 Å². The molecule has 0 aliphatic carbocycles. The summed E-state index contributed by atoms with van der Waals surface area (Å²) in [6.07, 6.45) is -2.90. The summed E-state index contributed by atoms with van der Waals surface area (Å²) < 4.78 is 45.9. The summed E-state index contributed by atoms with van der Waals surface area (Å²) in [7, 11) is 0. The number of piperazine rings is 1. The number of ether oxygens (including phenoxy) is 1. The van der Waals surface area contributed by atoms with Crippen LogP contribution in [0.5, 0.6) is 0 Å². The minimum Gasteiger partial charge on any atom is -0.373 e. The SMILES string of the molecule is FC(F)(F)c1cccc(C(CC2OCCc3ccccc32)N2CCNCC2)c1. The van der Waals surface area contributed by atoms with E-state index < -0.39 is 11.7 Å². The Labute approximate surface area is 163 Å². The predicted octanol–water partition coefficient (Wildman–Crippen LogP) is 4.36. The van der Waals surface area contributed by atoms with Gasteiger partial charge in [0.05, 0.1) is 18.3 Å². The van der Waals surface area contributed by atoms with Crippen LogP contribution in [0.3, 0.4) is 0 Å². The number of halogens is 3. The van der Waals surface area contributed by atoms with Crippen molar-refractivity contribution in [3.05, 3.63) is 70.8 Å². The lowest BCUT2D eigenvalue weighted by Crippen LogP contribution is -2.45. The van der Waals surface area contributed by atoms with Crippen LogP contribution in [0.25, 0.3) is 0 Å². The van der Waals surface area contributed by atoms with Crippen molar-refractivity contribution in [1.29, 1.82) is 0 Å². The van der Waals surface area contributed by atoms with Crippen molar-refractivity contribution in [2.45, 2.75) is 31.2 Å². The monoisotopic (exact) mass is 390 g/mol. The van der Waals surface area contributed by atoms with Gasteiger partial charge in [-0.05, 0) is 41.7 Å². The lowest BCUT2D eigenvalue weighted by atomic mass is 9.90. The molecule has 28 heavy (non-hydrogen) atoms. The van der Waals surface area contributed by atoms with Gasteiger partial charge in [0.25, 0.3) is 0 Å². The molecule has 3 nitrogen and oxygen atoms in total. The first-order valence-corrected chi connectivity index (χ1v) is 9.84. The smallest absolute Gasteiger partial charge is 0.373 e. The normalized spacial score (nSPS) is 21.9. The Hall–Kier alpha value is -1.89. The largest absolute Gasteiger partial charge is 0.416 e. The van der Waals surface area contributed by atoms with Gasteiger partial charge in [-0.25, -0.2) is 0 Å². The molecule has 2 aromatic rings. The first-order valence-electron chi connectivity index (χ1n) is 9.84. The van der Waals surface area contributed by atoms with Gasteiger partial charge in [0.15, 0.2) is 0 Å². The van der Waals surface area contributed by atoms with Gasteiger partial charge in [-0.3, -0.25) is 4.90 Å². The highest BCUT2D eigenvalue weighted by atomic mass is 19.4. The first kappa shape index (κ1) is 19.4. The van der Waals surface area contributed by atoms with E-state index in [0.717, 1.165) is 38.7 Å². The van der Waals surface area contributed by atoms with E-state index in [9.17, 15) is 13.2 Å². The quantitative estimate of drug-likeness (QED) is 0.840. The van der Waals surface area contributed by atoms with Gasteiger partial charge in [-0.15, -0.1) is 0 Å². The zero-order valence-corrected chi connectivity index (χ0v) is 15.7. The first-order chi connectivity index (χ1) is 13.5. The van der Waals surface area contributed by atoms with Gasteiger partial charge in [0, 0.05) is 32.2 Å². The van der Waals surface area contributed by atoms with Crippen molar-refractivity contribution >= 4 is 0 Å². The molecular formula is C22H25F3N2O. The molecule has 150 valence electrons. The Morgan fingerprint density at radius 1 is 1.07 bits per heavy atom. The van der Waals surface area contributed by atoms with Gasteiger partial charge in [-0.1, -0.05) is 36.4 Å². The Morgan fingerprint density at radius 2 is 1.86 bits per heavy atom.